The Morgan fingerprint density at radius 2 is 1.69 bits per heavy atom. The molecule has 270 valence electrons. The van der Waals surface area contributed by atoms with Crippen molar-refractivity contribution in [2.24, 2.45) is 5.41 Å². The van der Waals surface area contributed by atoms with E-state index in [4.69, 9.17) is 0 Å². The van der Waals surface area contributed by atoms with E-state index in [0.29, 0.717) is 49.7 Å². The maximum Gasteiger partial charge on any atom is 0.252 e. The van der Waals surface area contributed by atoms with Crippen molar-refractivity contribution in [2.75, 3.05) is 6.54 Å². The van der Waals surface area contributed by atoms with Gasteiger partial charge in [0.05, 0.1) is 11.7 Å². The normalized spacial score (nSPS) is 24.1. The number of sulfonamides is 1. The summed E-state index contributed by atoms with van der Waals surface area (Å²) in [7, 11) is -3.98. The van der Waals surface area contributed by atoms with Gasteiger partial charge in [-0.25, -0.2) is 8.42 Å². The van der Waals surface area contributed by atoms with Gasteiger partial charge in [-0.3, -0.25) is 4.79 Å². The highest BCUT2D eigenvalue weighted by atomic mass is 32.2. The molecule has 52 heavy (non-hydrogen) atoms. The molecule has 5 aromatic rings. The van der Waals surface area contributed by atoms with Crippen LogP contribution in [0.4, 0.5) is 0 Å². The van der Waals surface area contributed by atoms with Crippen molar-refractivity contribution >= 4 is 37.9 Å². The first-order valence-electron chi connectivity index (χ1n) is 18.3. The fourth-order valence-corrected chi connectivity index (χ4v) is 11.2. The molecule has 3 aliphatic rings. The van der Waals surface area contributed by atoms with Gasteiger partial charge in [-0.1, -0.05) is 110 Å². The van der Waals surface area contributed by atoms with E-state index < -0.39 is 27.1 Å². The van der Waals surface area contributed by atoms with Crippen molar-refractivity contribution in [2.45, 2.75) is 87.2 Å². The molecule has 8 rings (SSSR count). The summed E-state index contributed by atoms with van der Waals surface area (Å²) in [4.78, 5) is 14.3. The average molecular weight is 734 g/mol. The zero-order valence-corrected chi connectivity index (χ0v) is 31.5. The smallest absolute Gasteiger partial charge is 0.252 e. The first kappa shape index (κ1) is 36.4. The van der Waals surface area contributed by atoms with E-state index in [1.807, 2.05) is 91.0 Å². The number of ketones is 1. The standard InChI is InChI=1S/C44H47NO5S2/c1-31-11-9-24-43(2)40(38-22-20-32(27-36(46)21-19-31)28-39(38)42(47)34-13-4-3-5-14-34)23-25-44(43,48)30-45(52(49,50)41-18-10-26-51-41)29-35-16-8-15-33-12-6-7-17-37(33)35/h3-8,10-18,20,22,26,28,36,40,46,48H,9,19,21,23-25,27,29-30H2,1-2H3. The van der Waals surface area contributed by atoms with E-state index in [9.17, 15) is 23.4 Å². The number of rotatable bonds is 8. The number of allylic oxidation sites excluding steroid dienone is 2. The molecule has 0 radical (unpaired) electrons. The van der Waals surface area contributed by atoms with Crippen molar-refractivity contribution in [3.63, 3.8) is 0 Å². The molecule has 1 heterocycles. The Bertz CT molecular complexity index is 2190. The predicted octanol–water partition coefficient (Wildman–Crippen LogP) is 9.06. The lowest BCUT2D eigenvalue weighted by Crippen LogP contribution is -2.53. The Kier molecular flexibility index (Phi) is 10.4. The first-order chi connectivity index (χ1) is 25.0. The number of hydrogen-bond acceptors (Lipinski definition) is 6. The summed E-state index contributed by atoms with van der Waals surface area (Å²) >= 11 is 1.18. The molecule has 2 N–H and O–H groups in total. The third-order valence-corrected chi connectivity index (χ3v) is 14.9. The summed E-state index contributed by atoms with van der Waals surface area (Å²) in [5.74, 6) is -0.315. The summed E-state index contributed by atoms with van der Waals surface area (Å²) in [5, 5.41) is 27.9. The molecule has 4 atom stereocenters. The Labute approximate surface area is 311 Å². The van der Waals surface area contributed by atoms with Gasteiger partial charge in [-0.15, -0.1) is 11.3 Å². The molecule has 1 fully saturated rings. The molecule has 0 aliphatic heterocycles. The van der Waals surface area contributed by atoms with Crippen LogP contribution in [0, 0.1) is 5.41 Å². The van der Waals surface area contributed by atoms with E-state index in [1.165, 1.54) is 21.2 Å². The number of benzene rings is 4. The highest BCUT2D eigenvalue weighted by molar-refractivity contribution is 7.91. The maximum absolute atomic E-state index is 14.5. The van der Waals surface area contributed by atoms with Crippen LogP contribution in [-0.4, -0.2) is 47.0 Å². The summed E-state index contributed by atoms with van der Waals surface area (Å²) in [6.07, 6.45) is 5.71. The van der Waals surface area contributed by atoms with Crippen molar-refractivity contribution in [3.8, 4) is 0 Å². The van der Waals surface area contributed by atoms with Crippen molar-refractivity contribution < 1.29 is 23.4 Å². The molecule has 3 aliphatic carbocycles. The van der Waals surface area contributed by atoms with Gasteiger partial charge in [-0.05, 0) is 103 Å². The molecule has 6 nitrogen and oxygen atoms in total. The number of fused-ring (bicyclic) bond motifs is 9. The van der Waals surface area contributed by atoms with Gasteiger partial charge in [0, 0.05) is 29.6 Å². The van der Waals surface area contributed by atoms with Crippen molar-refractivity contribution in [1.29, 1.82) is 0 Å². The topological polar surface area (TPSA) is 94.9 Å². The van der Waals surface area contributed by atoms with Crippen LogP contribution in [0.15, 0.2) is 124 Å². The Morgan fingerprint density at radius 1 is 0.923 bits per heavy atom. The predicted molar refractivity (Wildman–Crippen MR) is 209 cm³/mol. The van der Waals surface area contributed by atoms with Gasteiger partial charge in [0.15, 0.2) is 5.78 Å². The highest BCUT2D eigenvalue weighted by Gasteiger charge is 2.58. The van der Waals surface area contributed by atoms with Crippen LogP contribution in [0.3, 0.4) is 0 Å². The van der Waals surface area contributed by atoms with Gasteiger partial charge in [0.25, 0.3) is 10.0 Å². The summed E-state index contributed by atoms with van der Waals surface area (Å²) in [6, 6.07) is 32.5. The average Bonchev–Trinajstić information content (AvgIpc) is 3.78. The first-order valence-corrected chi connectivity index (χ1v) is 20.6. The lowest BCUT2D eigenvalue weighted by Gasteiger charge is -2.46. The second kappa shape index (κ2) is 14.8. The number of nitrogens with zero attached hydrogens (tertiary/aromatic N) is 1. The zero-order chi connectivity index (χ0) is 36.5. The molecule has 1 saturated carbocycles. The lowest BCUT2D eigenvalue weighted by molar-refractivity contribution is -0.0731. The summed E-state index contributed by atoms with van der Waals surface area (Å²) in [5.41, 5.74) is 2.79. The second-order valence-corrected chi connectivity index (χ2v) is 18.1. The molecular weight excluding hydrogens is 687 g/mol. The Balaban J connectivity index is 1.34. The van der Waals surface area contributed by atoms with Crippen molar-refractivity contribution in [3.05, 3.63) is 148 Å². The number of carbonyl (C=O) groups excluding carboxylic acids is 1. The number of carbonyl (C=O) groups is 1. The van der Waals surface area contributed by atoms with Crippen LogP contribution < -0.4 is 0 Å². The second-order valence-electron chi connectivity index (χ2n) is 15.0. The van der Waals surface area contributed by atoms with Crippen LogP contribution in [-0.2, 0) is 23.0 Å². The fraction of sp³-hybridized carbons (Fsp3) is 0.341. The number of aliphatic hydroxyl groups excluding tert-OH is 1. The minimum absolute atomic E-state index is 0.0849. The minimum atomic E-state index is -3.98. The van der Waals surface area contributed by atoms with Gasteiger partial charge >= 0.3 is 0 Å². The largest absolute Gasteiger partial charge is 0.393 e. The van der Waals surface area contributed by atoms with Crippen LogP contribution in [0.5, 0.6) is 0 Å². The Morgan fingerprint density at radius 3 is 2.48 bits per heavy atom. The van der Waals surface area contributed by atoms with Gasteiger partial charge in [-0.2, -0.15) is 4.31 Å². The van der Waals surface area contributed by atoms with Crippen molar-refractivity contribution in [1.82, 2.24) is 4.31 Å². The SMILES string of the molecule is CC1=CCCC2(C)C(CCC2(O)CN(Cc2cccc3ccccc23)S(=O)(=O)c2cccs2)c2ccc(cc2C(=O)c2ccccc2)CC(O)CC1. The molecular formula is C44H47NO5S2. The fourth-order valence-electron chi connectivity index (χ4n) is 8.62. The lowest BCUT2D eigenvalue weighted by atomic mass is 9.64. The molecule has 4 unspecified atom stereocenters. The Hall–Kier alpha value is -3.92. The summed E-state index contributed by atoms with van der Waals surface area (Å²) in [6.45, 7) is 4.21. The van der Waals surface area contributed by atoms with E-state index in [2.05, 4.69) is 19.9 Å². The molecule has 0 saturated heterocycles. The number of hydrogen-bond donors (Lipinski definition) is 2. The molecule has 0 amide bonds. The molecule has 4 aromatic carbocycles. The molecule has 8 heteroatoms. The number of thiophene rings is 1. The van der Waals surface area contributed by atoms with Crippen LogP contribution in [0.1, 0.15) is 90.9 Å². The quantitative estimate of drug-likeness (QED) is 0.123. The monoisotopic (exact) mass is 733 g/mol. The summed E-state index contributed by atoms with van der Waals surface area (Å²) < 4.78 is 30.8. The van der Waals surface area contributed by atoms with Gasteiger partial charge < -0.3 is 10.2 Å². The third kappa shape index (κ3) is 7.07. The molecule has 0 spiro atoms. The van der Waals surface area contributed by atoms with Gasteiger partial charge in [0.2, 0.25) is 0 Å². The van der Waals surface area contributed by atoms with E-state index >= 15 is 0 Å². The minimum Gasteiger partial charge on any atom is -0.393 e. The number of aliphatic hydroxyl groups is 2. The third-order valence-electron chi connectivity index (χ3n) is 11.7. The van der Waals surface area contributed by atoms with E-state index in [-0.39, 0.29) is 29.0 Å². The molecule has 2 bridgehead atoms. The van der Waals surface area contributed by atoms with Crippen LogP contribution >= 0.6 is 11.3 Å². The van der Waals surface area contributed by atoms with Gasteiger partial charge in [0.1, 0.15) is 4.21 Å². The van der Waals surface area contributed by atoms with E-state index in [1.54, 1.807) is 17.5 Å². The highest BCUT2D eigenvalue weighted by Crippen LogP contribution is 2.59. The van der Waals surface area contributed by atoms with E-state index in [0.717, 1.165) is 33.9 Å². The molecule has 1 aromatic heterocycles. The zero-order valence-electron chi connectivity index (χ0n) is 29.9. The van der Waals surface area contributed by atoms with Crippen LogP contribution in [0.25, 0.3) is 10.8 Å². The van der Waals surface area contributed by atoms with Crippen LogP contribution in [0.2, 0.25) is 0 Å². The maximum atomic E-state index is 14.5.